The Morgan fingerprint density at radius 3 is 2.68 bits per heavy atom. The largest absolute Gasteiger partial charge is 0.478 e. The van der Waals surface area contributed by atoms with E-state index in [1.807, 2.05) is 0 Å². The minimum Gasteiger partial charge on any atom is -0.478 e. The quantitative estimate of drug-likeness (QED) is 0.899. The number of pyridine rings is 1. The molecule has 0 bridgehead atoms. The van der Waals surface area contributed by atoms with Crippen molar-refractivity contribution in [1.29, 1.82) is 0 Å². The standard InChI is InChI=1S/C11H10N2O4S2/c1-7-2-3-9(5-12-7)13-19(16,17)10-4-8(6-18-10)11(14)15/h2-6,13H,1H3,(H,14,15). The number of hydrogen-bond donors (Lipinski definition) is 2. The zero-order valence-electron chi connectivity index (χ0n) is 9.82. The second kappa shape index (κ2) is 4.98. The van der Waals surface area contributed by atoms with E-state index >= 15 is 0 Å². The average Bonchev–Trinajstić information content (AvgIpc) is 2.82. The van der Waals surface area contributed by atoms with E-state index in [4.69, 9.17) is 5.11 Å². The second-order valence-electron chi connectivity index (χ2n) is 3.75. The van der Waals surface area contributed by atoms with Crippen LogP contribution in [0.25, 0.3) is 0 Å². The fourth-order valence-electron chi connectivity index (χ4n) is 1.30. The molecule has 100 valence electrons. The van der Waals surface area contributed by atoms with Crippen molar-refractivity contribution >= 4 is 33.0 Å². The predicted octanol–water partition coefficient (Wildman–Crippen LogP) is 1.95. The van der Waals surface area contributed by atoms with Crippen molar-refractivity contribution in [2.45, 2.75) is 11.1 Å². The van der Waals surface area contributed by atoms with Crippen LogP contribution in [0.5, 0.6) is 0 Å². The van der Waals surface area contributed by atoms with Gasteiger partial charge in [-0.15, -0.1) is 11.3 Å². The van der Waals surface area contributed by atoms with Gasteiger partial charge in [0.1, 0.15) is 4.21 Å². The van der Waals surface area contributed by atoms with Gasteiger partial charge in [-0.3, -0.25) is 9.71 Å². The Labute approximate surface area is 113 Å². The highest BCUT2D eigenvalue weighted by Gasteiger charge is 2.19. The van der Waals surface area contributed by atoms with Crippen LogP contribution in [0.1, 0.15) is 16.1 Å². The first-order valence-corrected chi connectivity index (χ1v) is 7.52. The van der Waals surface area contributed by atoms with Crippen molar-refractivity contribution in [2.75, 3.05) is 4.72 Å². The van der Waals surface area contributed by atoms with Crippen LogP contribution >= 0.6 is 11.3 Å². The maximum atomic E-state index is 12.0. The molecule has 2 N–H and O–H groups in total. The fourth-order valence-corrected chi connectivity index (χ4v) is 3.50. The minimum atomic E-state index is -3.77. The molecule has 0 aliphatic rings. The van der Waals surface area contributed by atoms with E-state index in [0.29, 0.717) is 5.69 Å². The number of carboxylic acids is 1. The molecule has 0 aliphatic carbocycles. The summed E-state index contributed by atoms with van der Waals surface area (Å²) < 4.78 is 26.3. The van der Waals surface area contributed by atoms with Crippen LogP contribution in [0, 0.1) is 6.92 Å². The summed E-state index contributed by atoms with van der Waals surface area (Å²) in [5.74, 6) is -1.16. The molecule has 2 heterocycles. The summed E-state index contributed by atoms with van der Waals surface area (Å²) >= 11 is 0.856. The van der Waals surface area contributed by atoms with Crippen molar-refractivity contribution in [3.8, 4) is 0 Å². The topological polar surface area (TPSA) is 96.4 Å². The molecule has 0 saturated carbocycles. The van der Waals surface area contributed by atoms with E-state index in [9.17, 15) is 13.2 Å². The number of nitrogens with zero attached hydrogens (tertiary/aromatic N) is 1. The smallest absolute Gasteiger partial charge is 0.336 e. The summed E-state index contributed by atoms with van der Waals surface area (Å²) in [7, 11) is -3.77. The van der Waals surface area contributed by atoms with Crippen LogP contribution in [0.3, 0.4) is 0 Å². The summed E-state index contributed by atoms with van der Waals surface area (Å²) in [6.45, 7) is 1.79. The van der Waals surface area contributed by atoms with Crippen molar-refractivity contribution in [3.63, 3.8) is 0 Å². The first kappa shape index (κ1) is 13.5. The average molecular weight is 298 g/mol. The lowest BCUT2D eigenvalue weighted by molar-refractivity contribution is 0.0697. The van der Waals surface area contributed by atoms with Crippen LogP contribution in [-0.4, -0.2) is 24.5 Å². The molecule has 0 amide bonds. The van der Waals surface area contributed by atoms with Crippen molar-refractivity contribution in [3.05, 3.63) is 41.0 Å². The third-order valence-electron chi connectivity index (χ3n) is 2.25. The third-order valence-corrected chi connectivity index (χ3v) is 5.07. The number of carboxylic acid groups (broad SMARTS) is 1. The fraction of sp³-hybridized carbons (Fsp3) is 0.0909. The Morgan fingerprint density at radius 2 is 2.16 bits per heavy atom. The molecule has 0 aliphatic heterocycles. The van der Waals surface area contributed by atoms with Gasteiger partial charge in [0.2, 0.25) is 0 Å². The van der Waals surface area contributed by atoms with Gasteiger partial charge in [-0.05, 0) is 25.1 Å². The number of hydrogen-bond acceptors (Lipinski definition) is 5. The van der Waals surface area contributed by atoms with Gasteiger partial charge in [0, 0.05) is 11.1 Å². The number of aryl methyl sites for hydroxylation is 1. The molecule has 0 atom stereocenters. The molecule has 0 unspecified atom stereocenters. The molecular formula is C11H10N2O4S2. The number of anilines is 1. The highest BCUT2D eigenvalue weighted by Crippen LogP contribution is 2.22. The Hall–Kier alpha value is -1.93. The SMILES string of the molecule is Cc1ccc(NS(=O)(=O)c2cc(C(=O)O)cs2)cn1. The molecule has 0 saturated heterocycles. The number of carbonyl (C=O) groups is 1. The normalized spacial score (nSPS) is 11.2. The lowest BCUT2D eigenvalue weighted by Crippen LogP contribution is -2.11. The zero-order valence-corrected chi connectivity index (χ0v) is 11.5. The van der Waals surface area contributed by atoms with Gasteiger partial charge >= 0.3 is 5.97 Å². The van der Waals surface area contributed by atoms with E-state index in [1.54, 1.807) is 19.1 Å². The van der Waals surface area contributed by atoms with E-state index < -0.39 is 16.0 Å². The highest BCUT2D eigenvalue weighted by atomic mass is 32.2. The van der Waals surface area contributed by atoms with Crippen LogP contribution in [0.15, 0.2) is 34.0 Å². The van der Waals surface area contributed by atoms with Crippen molar-refractivity contribution in [2.24, 2.45) is 0 Å². The highest BCUT2D eigenvalue weighted by molar-refractivity contribution is 7.94. The lowest BCUT2D eigenvalue weighted by Gasteiger charge is -2.05. The molecule has 19 heavy (non-hydrogen) atoms. The molecular weight excluding hydrogens is 288 g/mol. The first-order chi connectivity index (χ1) is 8.88. The maximum Gasteiger partial charge on any atom is 0.336 e. The van der Waals surface area contributed by atoms with Crippen LogP contribution < -0.4 is 4.72 Å². The van der Waals surface area contributed by atoms with Crippen molar-refractivity contribution < 1.29 is 18.3 Å². The van der Waals surface area contributed by atoms with Gasteiger partial charge in [-0.25, -0.2) is 13.2 Å². The maximum absolute atomic E-state index is 12.0. The summed E-state index contributed by atoms with van der Waals surface area (Å²) in [5.41, 5.74) is 1.05. The molecule has 0 spiro atoms. The van der Waals surface area contributed by atoms with Crippen LogP contribution in [0.4, 0.5) is 5.69 Å². The molecule has 2 aromatic rings. The molecule has 6 nitrogen and oxygen atoms in total. The first-order valence-electron chi connectivity index (χ1n) is 5.16. The Morgan fingerprint density at radius 1 is 1.42 bits per heavy atom. The number of nitrogens with one attached hydrogen (secondary N) is 1. The number of thiophene rings is 1. The van der Waals surface area contributed by atoms with E-state index in [1.165, 1.54) is 11.6 Å². The molecule has 2 rings (SSSR count). The Bertz CT molecular complexity index is 705. The van der Waals surface area contributed by atoms with Gasteiger partial charge in [0.15, 0.2) is 0 Å². The summed E-state index contributed by atoms with van der Waals surface area (Å²) in [4.78, 5) is 14.7. The lowest BCUT2D eigenvalue weighted by atomic mass is 10.4. The summed E-state index contributed by atoms with van der Waals surface area (Å²) in [6, 6.07) is 4.39. The van der Waals surface area contributed by atoms with Crippen molar-refractivity contribution in [1.82, 2.24) is 4.98 Å². The molecule has 0 aromatic carbocycles. The van der Waals surface area contributed by atoms with Crippen LogP contribution in [0.2, 0.25) is 0 Å². The van der Waals surface area contributed by atoms with E-state index in [-0.39, 0.29) is 9.77 Å². The molecule has 2 aromatic heterocycles. The van der Waals surface area contributed by atoms with E-state index in [2.05, 4.69) is 9.71 Å². The summed E-state index contributed by atoms with van der Waals surface area (Å²) in [5, 5.41) is 10.0. The Balaban J connectivity index is 2.26. The van der Waals surface area contributed by atoms with Gasteiger partial charge in [-0.2, -0.15) is 0 Å². The number of aromatic nitrogens is 1. The molecule has 0 fully saturated rings. The zero-order chi connectivity index (χ0) is 14.0. The molecule has 8 heteroatoms. The van der Waals surface area contributed by atoms with Gasteiger partial charge < -0.3 is 5.11 Å². The third kappa shape index (κ3) is 3.09. The van der Waals surface area contributed by atoms with Gasteiger partial charge in [0.25, 0.3) is 10.0 Å². The monoisotopic (exact) mass is 298 g/mol. The second-order valence-corrected chi connectivity index (χ2v) is 6.57. The number of aromatic carboxylic acids is 1. The summed E-state index contributed by atoms with van der Waals surface area (Å²) in [6.07, 6.45) is 1.40. The Kier molecular flexibility index (Phi) is 3.54. The van der Waals surface area contributed by atoms with Crippen LogP contribution in [-0.2, 0) is 10.0 Å². The predicted molar refractivity (Wildman–Crippen MR) is 71.1 cm³/mol. The van der Waals surface area contributed by atoms with Gasteiger partial charge in [0.05, 0.1) is 17.4 Å². The minimum absolute atomic E-state index is 0.0487. The van der Waals surface area contributed by atoms with E-state index in [0.717, 1.165) is 23.1 Å². The number of rotatable bonds is 4. The number of sulfonamides is 1. The molecule has 0 radical (unpaired) electrons. The van der Waals surface area contributed by atoms with Gasteiger partial charge in [-0.1, -0.05) is 0 Å².